The molecule has 0 radical (unpaired) electrons. The zero-order valence-electron chi connectivity index (χ0n) is 16.1. The second kappa shape index (κ2) is 9.97. The van der Waals surface area contributed by atoms with Crippen LogP contribution in [-0.2, 0) is 0 Å². The summed E-state index contributed by atoms with van der Waals surface area (Å²) in [6.45, 7) is 5.48. The maximum Gasteiger partial charge on any atom is 0.272 e. The molecule has 2 rings (SSSR count). The van der Waals surface area contributed by atoms with Gasteiger partial charge in [-0.15, -0.1) is 0 Å². The Morgan fingerprint density at radius 3 is 2.33 bits per heavy atom. The van der Waals surface area contributed by atoms with Crippen molar-refractivity contribution >= 4 is 29.0 Å². The van der Waals surface area contributed by atoms with Crippen molar-refractivity contribution in [3.63, 3.8) is 0 Å². The molecule has 2 aromatic rings. The number of aromatic nitrogens is 2. The third-order valence-corrected chi connectivity index (χ3v) is 4.19. The molecule has 0 saturated heterocycles. The molecule has 1 aromatic heterocycles. The van der Waals surface area contributed by atoms with E-state index < -0.39 is 0 Å². The van der Waals surface area contributed by atoms with E-state index in [0.29, 0.717) is 46.8 Å². The highest BCUT2D eigenvalue weighted by Gasteiger charge is 2.17. The standard InChI is InChI=1S/C19H25ClN4O3/c1-5-7-24(8-6-2)19(25)15-11-18(22-12-21-15)23-14-10-16(26-3)13(20)9-17(14)27-4/h9-12H,5-8H2,1-4H3,(H,21,22,23). The Bertz CT molecular complexity index is 780. The number of hydrogen-bond acceptors (Lipinski definition) is 6. The van der Waals surface area contributed by atoms with Crippen LogP contribution in [0.1, 0.15) is 37.2 Å². The Morgan fingerprint density at radius 1 is 1.07 bits per heavy atom. The van der Waals surface area contributed by atoms with E-state index in [1.165, 1.54) is 13.4 Å². The minimum absolute atomic E-state index is 0.107. The molecule has 146 valence electrons. The molecular formula is C19H25ClN4O3. The molecule has 0 aliphatic heterocycles. The van der Waals surface area contributed by atoms with Crippen LogP contribution in [-0.4, -0.2) is 48.1 Å². The largest absolute Gasteiger partial charge is 0.495 e. The van der Waals surface area contributed by atoms with Crippen LogP contribution in [0.4, 0.5) is 11.5 Å². The smallest absolute Gasteiger partial charge is 0.272 e. The molecule has 8 heteroatoms. The van der Waals surface area contributed by atoms with Crippen LogP contribution in [0.25, 0.3) is 0 Å². The number of amides is 1. The molecule has 0 saturated carbocycles. The van der Waals surface area contributed by atoms with Crippen LogP contribution in [0.15, 0.2) is 24.5 Å². The lowest BCUT2D eigenvalue weighted by Crippen LogP contribution is -2.33. The SMILES string of the molecule is CCCN(CCC)C(=O)c1cc(Nc2cc(OC)c(Cl)cc2OC)ncn1. The number of hydrogen-bond donors (Lipinski definition) is 1. The van der Waals surface area contributed by atoms with Crippen LogP contribution >= 0.6 is 11.6 Å². The summed E-state index contributed by atoms with van der Waals surface area (Å²) in [6, 6.07) is 4.99. The normalized spacial score (nSPS) is 10.4. The van der Waals surface area contributed by atoms with Gasteiger partial charge in [0.25, 0.3) is 5.91 Å². The van der Waals surface area contributed by atoms with E-state index >= 15 is 0 Å². The van der Waals surface area contributed by atoms with Crippen LogP contribution in [0.2, 0.25) is 5.02 Å². The van der Waals surface area contributed by atoms with Crippen LogP contribution in [0.5, 0.6) is 11.5 Å². The van der Waals surface area contributed by atoms with Gasteiger partial charge in [-0.2, -0.15) is 0 Å². The van der Waals surface area contributed by atoms with E-state index in [0.717, 1.165) is 12.8 Å². The zero-order valence-corrected chi connectivity index (χ0v) is 16.8. The second-order valence-corrected chi connectivity index (χ2v) is 6.30. The Balaban J connectivity index is 2.29. The van der Waals surface area contributed by atoms with Gasteiger partial charge in [-0.1, -0.05) is 25.4 Å². The molecule has 0 unspecified atom stereocenters. The number of nitrogens with zero attached hydrogens (tertiary/aromatic N) is 3. The molecule has 27 heavy (non-hydrogen) atoms. The van der Waals surface area contributed by atoms with E-state index in [9.17, 15) is 4.79 Å². The molecule has 1 heterocycles. The molecule has 1 aromatic carbocycles. The van der Waals surface area contributed by atoms with Gasteiger partial charge >= 0.3 is 0 Å². The fraction of sp³-hybridized carbons (Fsp3) is 0.421. The molecule has 0 fully saturated rings. The van der Waals surface area contributed by atoms with E-state index in [1.54, 1.807) is 30.2 Å². The van der Waals surface area contributed by atoms with Crippen LogP contribution < -0.4 is 14.8 Å². The van der Waals surface area contributed by atoms with Gasteiger partial charge in [0.05, 0.1) is 24.9 Å². The van der Waals surface area contributed by atoms with Gasteiger partial charge in [0.15, 0.2) is 0 Å². The number of methoxy groups -OCH3 is 2. The fourth-order valence-electron chi connectivity index (χ4n) is 2.66. The molecular weight excluding hydrogens is 368 g/mol. The Kier molecular flexibility index (Phi) is 7.67. The van der Waals surface area contributed by atoms with Gasteiger partial charge in [0.2, 0.25) is 0 Å². The number of nitrogens with one attached hydrogen (secondary N) is 1. The number of benzene rings is 1. The van der Waals surface area contributed by atoms with Crippen molar-refractivity contribution in [3.05, 3.63) is 35.2 Å². The summed E-state index contributed by atoms with van der Waals surface area (Å²) in [4.78, 5) is 22.9. The number of anilines is 2. The molecule has 0 spiro atoms. The Hall–Kier alpha value is -2.54. The predicted molar refractivity (Wildman–Crippen MR) is 106 cm³/mol. The van der Waals surface area contributed by atoms with Crippen molar-refractivity contribution in [2.45, 2.75) is 26.7 Å². The molecule has 0 aliphatic carbocycles. The highest BCUT2D eigenvalue weighted by atomic mass is 35.5. The van der Waals surface area contributed by atoms with E-state index in [1.807, 2.05) is 13.8 Å². The number of carbonyl (C=O) groups is 1. The highest BCUT2D eigenvalue weighted by Crippen LogP contribution is 2.37. The molecule has 1 amide bonds. The summed E-state index contributed by atoms with van der Waals surface area (Å²) >= 11 is 6.14. The number of carbonyl (C=O) groups excluding carboxylic acids is 1. The molecule has 7 nitrogen and oxygen atoms in total. The van der Waals surface area contributed by atoms with Gasteiger partial charge < -0.3 is 19.7 Å². The van der Waals surface area contributed by atoms with Crippen LogP contribution in [0.3, 0.4) is 0 Å². The van der Waals surface area contributed by atoms with Gasteiger partial charge in [-0.25, -0.2) is 9.97 Å². The second-order valence-electron chi connectivity index (χ2n) is 5.89. The summed E-state index contributed by atoms with van der Waals surface area (Å²) in [5.74, 6) is 1.40. The first-order valence-electron chi connectivity index (χ1n) is 8.83. The van der Waals surface area contributed by atoms with Crippen molar-refractivity contribution in [3.8, 4) is 11.5 Å². The van der Waals surface area contributed by atoms with Crippen molar-refractivity contribution in [2.24, 2.45) is 0 Å². The number of ether oxygens (including phenoxy) is 2. The first-order chi connectivity index (χ1) is 13.0. The predicted octanol–water partition coefficient (Wildman–Crippen LogP) is 4.15. The summed E-state index contributed by atoms with van der Waals surface area (Å²) < 4.78 is 10.6. The molecule has 0 bridgehead atoms. The lowest BCUT2D eigenvalue weighted by atomic mass is 10.2. The summed E-state index contributed by atoms with van der Waals surface area (Å²) in [5, 5.41) is 3.58. The summed E-state index contributed by atoms with van der Waals surface area (Å²) in [7, 11) is 3.08. The topological polar surface area (TPSA) is 76.6 Å². The first-order valence-corrected chi connectivity index (χ1v) is 9.21. The average Bonchev–Trinajstić information content (AvgIpc) is 2.68. The minimum atomic E-state index is -0.107. The van der Waals surface area contributed by atoms with Crippen molar-refractivity contribution in [1.82, 2.24) is 14.9 Å². The van der Waals surface area contributed by atoms with Gasteiger partial charge in [0.1, 0.15) is 29.3 Å². The van der Waals surface area contributed by atoms with Crippen molar-refractivity contribution in [1.29, 1.82) is 0 Å². The molecule has 0 aliphatic rings. The summed E-state index contributed by atoms with van der Waals surface area (Å²) in [5.41, 5.74) is 0.962. The Labute approximate surface area is 164 Å². The maximum atomic E-state index is 12.7. The van der Waals surface area contributed by atoms with Gasteiger partial charge in [0, 0.05) is 31.3 Å². The summed E-state index contributed by atoms with van der Waals surface area (Å²) in [6.07, 6.45) is 3.15. The van der Waals surface area contributed by atoms with Crippen molar-refractivity contribution in [2.75, 3.05) is 32.6 Å². The van der Waals surface area contributed by atoms with Gasteiger partial charge in [-0.3, -0.25) is 4.79 Å². The van der Waals surface area contributed by atoms with Crippen LogP contribution in [0, 0.1) is 0 Å². The Morgan fingerprint density at radius 2 is 1.74 bits per heavy atom. The monoisotopic (exact) mass is 392 g/mol. The highest BCUT2D eigenvalue weighted by molar-refractivity contribution is 6.32. The average molecular weight is 393 g/mol. The quantitative estimate of drug-likeness (QED) is 0.690. The third kappa shape index (κ3) is 5.23. The fourth-order valence-corrected chi connectivity index (χ4v) is 2.89. The number of halogens is 1. The maximum absolute atomic E-state index is 12.7. The molecule has 1 N–H and O–H groups in total. The van der Waals surface area contributed by atoms with Crippen molar-refractivity contribution < 1.29 is 14.3 Å². The van der Waals surface area contributed by atoms with E-state index in [2.05, 4.69) is 15.3 Å². The van der Waals surface area contributed by atoms with Gasteiger partial charge in [-0.05, 0) is 12.8 Å². The third-order valence-electron chi connectivity index (χ3n) is 3.90. The lowest BCUT2D eigenvalue weighted by molar-refractivity contribution is 0.0749. The first kappa shape index (κ1) is 20.8. The minimum Gasteiger partial charge on any atom is -0.495 e. The number of rotatable bonds is 9. The molecule has 0 atom stereocenters. The lowest BCUT2D eigenvalue weighted by Gasteiger charge is -2.21. The zero-order chi connectivity index (χ0) is 19.8. The van der Waals surface area contributed by atoms with E-state index in [-0.39, 0.29) is 5.91 Å². The van der Waals surface area contributed by atoms with E-state index in [4.69, 9.17) is 21.1 Å².